The third kappa shape index (κ3) is 2.76. The molecule has 5 nitrogen and oxygen atoms in total. The molecule has 0 radical (unpaired) electrons. The highest BCUT2D eigenvalue weighted by molar-refractivity contribution is 9.10. The van der Waals surface area contributed by atoms with Crippen LogP contribution in [0.1, 0.15) is 43.4 Å². The van der Waals surface area contributed by atoms with E-state index in [9.17, 15) is 0 Å². The highest BCUT2D eigenvalue weighted by atomic mass is 79.9. The summed E-state index contributed by atoms with van der Waals surface area (Å²) in [6, 6.07) is 0. The van der Waals surface area contributed by atoms with Gasteiger partial charge in [-0.15, -0.1) is 11.8 Å². The van der Waals surface area contributed by atoms with Crippen molar-refractivity contribution in [2.24, 2.45) is 5.92 Å². The lowest BCUT2D eigenvalue weighted by Gasteiger charge is -2.24. The molecular formula is C17H22BrN5S. The van der Waals surface area contributed by atoms with Gasteiger partial charge in [0, 0.05) is 18.0 Å². The van der Waals surface area contributed by atoms with Crippen molar-refractivity contribution in [2.75, 3.05) is 24.6 Å². The second-order valence-corrected chi connectivity index (χ2v) is 8.44. The topological polar surface area (TPSA) is 68.2 Å². The number of thioether (sulfide) groups is 1. The summed E-state index contributed by atoms with van der Waals surface area (Å²) >= 11 is 5.53. The number of rotatable bonds is 2. The Bertz CT molecular complexity index is 794. The van der Waals surface area contributed by atoms with Crippen LogP contribution in [-0.2, 0) is 0 Å². The van der Waals surface area contributed by atoms with Crippen LogP contribution < -0.4 is 11.1 Å². The van der Waals surface area contributed by atoms with E-state index < -0.39 is 0 Å². The normalized spacial score (nSPS) is 25.0. The summed E-state index contributed by atoms with van der Waals surface area (Å²) in [5.74, 6) is 2.76. The second-order valence-electron chi connectivity index (χ2n) is 6.67. The minimum atomic E-state index is 0.398. The molecule has 0 aliphatic carbocycles. The van der Waals surface area contributed by atoms with Crippen LogP contribution in [-0.4, -0.2) is 33.4 Å². The van der Waals surface area contributed by atoms with E-state index >= 15 is 0 Å². The van der Waals surface area contributed by atoms with E-state index in [2.05, 4.69) is 38.7 Å². The first kappa shape index (κ1) is 16.4. The van der Waals surface area contributed by atoms with Crippen molar-refractivity contribution < 1.29 is 0 Å². The zero-order chi connectivity index (χ0) is 16.7. The molecule has 2 aliphatic heterocycles. The second kappa shape index (κ2) is 6.69. The fourth-order valence-electron chi connectivity index (χ4n) is 3.57. The molecular weight excluding hydrogens is 386 g/mol. The van der Waals surface area contributed by atoms with Gasteiger partial charge in [-0.05, 0) is 64.4 Å². The molecule has 4 rings (SSSR count). The monoisotopic (exact) mass is 407 g/mol. The van der Waals surface area contributed by atoms with Gasteiger partial charge < -0.3 is 11.1 Å². The number of halogens is 1. The van der Waals surface area contributed by atoms with Crippen LogP contribution in [0.2, 0.25) is 0 Å². The minimum Gasteiger partial charge on any atom is -0.383 e. The number of nitrogens with one attached hydrogen (secondary N) is 1. The number of anilines is 1. The molecule has 1 saturated heterocycles. The molecule has 4 heterocycles. The molecule has 2 aliphatic rings. The maximum atomic E-state index is 6.37. The average molecular weight is 408 g/mol. The Kier molecular flexibility index (Phi) is 4.58. The number of piperidine rings is 1. The summed E-state index contributed by atoms with van der Waals surface area (Å²) in [5.41, 5.74) is 10.8. The Morgan fingerprint density at radius 1 is 1.42 bits per heavy atom. The lowest BCUT2D eigenvalue weighted by molar-refractivity contribution is 0.453. The molecule has 0 amide bonds. The van der Waals surface area contributed by atoms with Crippen molar-refractivity contribution in [1.82, 2.24) is 19.9 Å². The first-order chi connectivity index (χ1) is 11.7. The Balaban J connectivity index is 1.85. The van der Waals surface area contributed by atoms with E-state index in [1.165, 1.54) is 24.2 Å². The summed E-state index contributed by atoms with van der Waals surface area (Å²) in [4.78, 5) is 5.01. The van der Waals surface area contributed by atoms with Gasteiger partial charge in [-0.2, -0.15) is 9.61 Å². The van der Waals surface area contributed by atoms with E-state index in [1.54, 1.807) is 4.52 Å². The molecule has 2 aromatic rings. The average Bonchev–Trinajstić information content (AvgIpc) is 3.03. The lowest BCUT2D eigenvalue weighted by atomic mass is 9.94. The Morgan fingerprint density at radius 3 is 3.04 bits per heavy atom. The van der Waals surface area contributed by atoms with Crippen LogP contribution in [0, 0.1) is 5.92 Å². The van der Waals surface area contributed by atoms with Gasteiger partial charge >= 0.3 is 0 Å². The van der Waals surface area contributed by atoms with Crippen molar-refractivity contribution in [3.8, 4) is 0 Å². The minimum absolute atomic E-state index is 0.398. The number of nitrogen functional groups attached to an aromatic ring is 1. The van der Waals surface area contributed by atoms with Crippen LogP contribution in [0.15, 0.2) is 16.1 Å². The number of aromatic nitrogens is 3. The molecule has 2 atom stereocenters. The van der Waals surface area contributed by atoms with Gasteiger partial charge in [0.1, 0.15) is 5.82 Å². The van der Waals surface area contributed by atoms with Gasteiger partial charge in [-0.1, -0.05) is 6.92 Å². The van der Waals surface area contributed by atoms with Crippen molar-refractivity contribution >= 4 is 44.7 Å². The molecule has 2 aromatic heterocycles. The van der Waals surface area contributed by atoms with Gasteiger partial charge in [0.05, 0.1) is 16.4 Å². The van der Waals surface area contributed by atoms with Crippen molar-refractivity contribution in [3.63, 3.8) is 0 Å². The number of hydrogen-bond acceptors (Lipinski definition) is 5. The first-order valence-electron chi connectivity index (χ1n) is 8.52. The fourth-order valence-corrected chi connectivity index (χ4v) is 5.29. The number of fused-ring (bicyclic) bond motifs is 1. The predicted molar refractivity (Wildman–Crippen MR) is 104 cm³/mol. The van der Waals surface area contributed by atoms with Gasteiger partial charge in [0.25, 0.3) is 0 Å². The van der Waals surface area contributed by atoms with Gasteiger partial charge in [0.2, 0.25) is 0 Å². The first-order valence-corrected chi connectivity index (χ1v) is 10.4. The van der Waals surface area contributed by atoms with Crippen molar-refractivity contribution in [2.45, 2.75) is 32.1 Å². The zero-order valence-corrected chi connectivity index (χ0v) is 16.2. The zero-order valence-electron chi connectivity index (χ0n) is 13.8. The maximum Gasteiger partial charge on any atom is 0.165 e. The number of hydrogen-bond donors (Lipinski definition) is 2. The molecule has 24 heavy (non-hydrogen) atoms. The maximum absolute atomic E-state index is 6.37. The number of allylic oxidation sites excluding steroid dienone is 1. The highest BCUT2D eigenvalue weighted by Gasteiger charge is 2.25. The lowest BCUT2D eigenvalue weighted by Crippen LogP contribution is -2.29. The van der Waals surface area contributed by atoms with Crippen molar-refractivity contribution in [3.05, 3.63) is 27.3 Å². The summed E-state index contributed by atoms with van der Waals surface area (Å²) in [5, 5.41) is 10.2. The number of nitrogens with two attached hydrogens (primary N) is 1. The standard InChI is InChI=1S/C17H22BrN5S/c1-10-4-6-24-9-13(10)12-8-21-23-16(19)14(18)15(22-17(12)23)11-3-2-5-20-7-11/h8-11,20H,2-7,19H2,1H3. The van der Waals surface area contributed by atoms with Gasteiger partial charge in [0.15, 0.2) is 5.65 Å². The summed E-state index contributed by atoms with van der Waals surface area (Å²) < 4.78 is 2.66. The van der Waals surface area contributed by atoms with Crippen LogP contribution in [0.4, 0.5) is 5.82 Å². The fraction of sp³-hybridized carbons (Fsp3) is 0.529. The summed E-state index contributed by atoms with van der Waals surface area (Å²) in [7, 11) is 0. The Hall–Kier alpha value is -1.05. The summed E-state index contributed by atoms with van der Waals surface area (Å²) in [6.45, 7) is 4.33. The molecule has 0 saturated carbocycles. The Morgan fingerprint density at radius 2 is 2.29 bits per heavy atom. The quantitative estimate of drug-likeness (QED) is 0.794. The molecule has 2 unspecified atom stereocenters. The van der Waals surface area contributed by atoms with Gasteiger partial charge in [-0.3, -0.25) is 0 Å². The third-order valence-electron chi connectivity index (χ3n) is 5.05. The SMILES string of the molecule is CC1CCSC=C1c1cnn2c(N)c(Br)c(C3CCCNC3)nc12. The van der Waals surface area contributed by atoms with Gasteiger partial charge in [-0.25, -0.2) is 4.98 Å². The van der Waals surface area contributed by atoms with Crippen molar-refractivity contribution in [1.29, 1.82) is 0 Å². The van der Waals surface area contributed by atoms with Crippen LogP contribution in [0.3, 0.4) is 0 Å². The molecule has 0 bridgehead atoms. The van der Waals surface area contributed by atoms with E-state index in [1.807, 2.05) is 18.0 Å². The largest absolute Gasteiger partial charge is 0.383 e. The number of nitrogens with zero attached hydrogens (tertiary/aromatic N) is 3. The van der Waals surface area contributed by atoms with E-state index in [-0.39, 0.29) is 0 Å². The third-order valence-corrected chi connectivity index (χ3v) is 6.76. The van der Waals surface area contributed by atoms with E-state index in [4.69, 9.17) is 10.7 Å². The smallest absolute Gasteiger partial charge is 0.165 e. The van der Waals surface area contributed by atoms with Crippen LogP contribution in [0.5, 0.6) is 0 Å². The van der Waals surface area contributed by atoms with Crippen LogP contribution in [0.25, 0.3) is 11.2 Å². The molecule has 1 fully saturated rings. The Labute approximate surface area is 154 Å². The highest BCUT2D eigenvalue weighted by Crippen LogP contribution is 2.38. The molecule has 0 aromatic carbocycles. The summed E-state index contributed by atoms with van der Waals surface area (Å²) in [6.07, 6.45) is 5.43. The predicted octanol–water partition coefficient (Wildman–Crippen LogP) is 3.65. The molecule has 0 spiro atoms. The van der Waals surface area contributed by atoms with E-state index in [0.717, 1.165) is 40.9 Å². The van der Waals surface area contributed by atoms with Crippen LogP contribution >= 0.6 is 27.7 Å². The van der Waals surface area contributed by atoms with E-state index in [0.29, 0.717) is 17.7 Å². The molecule has 7 heteroatoms. The molecule has 3 N–H and O–H groups in total. The molecule has 128 valence electrons.